The van der Waals surface area contributed by atoms with Gasteiger partial charge in [-0.2, -0.15) is 5.10 Å². The molecule has 7 nitrogen and oxygen atoms in total. The second-order valence-corrected chi connectivity index (χ2v) is 7.36. The molecule has 0 aliphatic rings. The van der Waals surface area contributed by atoms with Crippen LogP contribution in [0.15, 0.2) is 46.2 Å². The molecule has 1 N–H and O–H groups in total. The highest BCUT2D eigenvalue weighted by atomic mass is 35.5. The van der Waals surface area contributed by atoms with Crippen LogP contribution >= 0.6 is 11.6 Å². The van der Waals surface area contributed by atoms with Gasteiger partial charge in [-0.3, -0.25) is 13.9 Å². The first kappa shape index (κ1) is 16.5. The van der Waals surface area contributed by atoms with Crippen LogP contribution in [0.1, 0.15) is 12.7 Å². The molecule has 0 atom stereocenters. The van der Waals surface area contributed by atoms with Gasteiger partial charge >= 0.3 is 0 Å². The van der Waals surface area contributed by atoms with Crippen LogP contribution in [0.25, 0.3) is 5.52 Å². The van der Waals surface area contributed by atoms with E-state index in [0.717, 1.165) is 0 Å². The maximum atomic E-state index is 12.6. The average Bonchev–Trinajstić information content (AvgIpc) is 2.97. The Bertz CT molecular complexity index is 1090. The number of nitrogens with one attached hydrogen (secondary N) is 1. The number of hydrogen-bond acceptors (Lipinski definition) is 4. The fraction of sp³-hybridized carbons (Fsp3) is 0.200. The summed E-state index contributed by atoms with van der Waals surface area (Å²) < 4.78 is 30.3. The Balaban J connectivity index is 2.12. The highest BCUT2D eigenvalue weighted by molar-refractivity contribution is 7.92. The van der Waals surface area contributed by atoms with Crippen molar-refractivity contribution >= 4 is 32.8 Å². The molecule has 0 unspecified atom stereocenters. The first-order valence-corrected chi connectivity index (χ1v) is 9.04. The van der Waals surface area contributed by atoms with Crippen LogP contribution in [0.5, 0.6) is 0 Å². The van der Waals surface area contributed by atoms with Gasteiger partial charge in [-0.1, -0.05) is 24.6 Å². The number of anilines is 1. The van der Waals surface area contributed by atoms with Gasteiger partial charge in [0, 0.05) is 24.7 Å². The fourth-order valence-corrected chi connectivity index (χ4v) is 3.66. The topological polar surface area (TPSA) is 85.5 Å². The molecule has 0 saturated carbocycles. The number of aromatic nitrogens is 3. The Kier molecular flexibility index (Phi) is 4.10. The minimum atomic E-state index is -3.85. The average molecular weight is 367 g/mol. The number of fused-ring (bicyclic) bond motifs is 1. The van der Waals surface area contributed by atoms with E-state index < -0.39 is 10.0 Å². The summed E-state index contributed by atoms with van der Waals surface area (Å²) in [6.07, 6.45) is 1.95. The van der Waals surface area contributed by atoms with E-state index in [2.05, 4.69) is 9.82 Å². The van der Waals surface area contributed by atoms with E-state index in [9.17, 15) is 13.2 Å². The SMILES string of the molecule is CCc1nn(C)c(=O)c2cc(S(=O)(=O)Nc3cccc(Cl)c3)cn12. The molecule has 0 fully saturated rings. The van der Waals surface area contributed by atoms with Gasteiger partial charge < -0.3 is 0 Å². The zero-order valence-corrected chi connectivity index (χ0v) is 14.6. The van der Waals surface area contributed by atoms with E-state index >= 15 is 0 Å². The maximum Gasteiger partial charge on any atom is 0.290 e. The first-order chi connectivity index (χ1) is 11.3. The Hall–Kier alpha value is -2.32. The molecule has 0 aliphatic carbocycles. The number of benzene rings is 1. The summed E-state index contributed by atoms with van der Waals surface area (Å²) in [6, 6.07) is 7.74. The van der Waals surface area contributed by atoms with E-state index in [0.29, 0.717) is 23.0 Å². The van der Waals surface area contributed by atoms with Crippen LogP contribution < -0.4 is 10.3 Å². The van der Waals surface area contributed by atoms with Crippen molar-refractivity contribution in [2.45, 2.75) is 18.2 Å². The molecule has 0 spiro atoms. The van der Waals surface area contributed by atoms with Crippen LogP contribution in [-0.2, 0) is 23.5 Å². The molecule has 3 rings (SSSR count). The third-order valence-corrected chi connectivity index (χ3v) is 5.14. The molecular weight excluding hydrogens is 352 g/mol. The van der Waals surface area contributed by atoms with Crippen molar-refractivity contribution in [2.24, 2.45) is 7.05 Å². The Morgan fingerprint density at radius 1 is 1.29 bits per heavy atom. The van der Waals surface area contributed by atoms with Gasteiger partial charge in [0.15, 0.2) is 0 Å². The summed E-state index contributed by atoms with van der Waals surface area (Å²) >= 11 is 5.87. The summed E-state index contributed by atoms with van der Waals surface area (Å²) in [5.74, 6) is 0.594. The van der Waals surface area contributed by atoms with Crippen molar-refractivity contribution in [3.05, 3.63) is 57.7 Å². The van der Waals surface area contributed by atoms with E-state index in [-0.39, 0.29) is 16.0 Å². The fourth-order valence-electron chi connectivity index (χ4n) is 2.40. The molecule has 1 aromatic carbocycles. The molecule has 0 amide bonds. The monoisotopic (exact) mass is 366 g/mol. The number of hydrogen-bond donors (Lipinski definition) is 1. The highest BCUT2D eigenvalue weighted by Crippen LogP contribution is 2.21. The predicted molar refractivity (Wildman–Crippen MR) is 92.1 cm³/mol. The minimum absolute atomic E-state index is 0.0118. The summed E-state index contributed by atoms with van der Waals surface area (Å²) in [7, 11) is -2.32. The number of sulfonamides is 1. The summed E-state index contributed by atoms with van der Waals surface area (Å²) in [5.41, 5.74) is 0.242. The molecule has 126 valence electrons. The molecule has 0 aliphatic heterocycles. The molecule has 0 radical (unpaired) electrons. The van der Waals surface area contributed by atoms with Gasteiger partial charge in [-0.05, 0) is 24.3 Å². The van der Waals surface area contributed by atoms with Crippen molar-refractivity contribution in [2.75, 3.05) is 4.72 Å². The lowest BCUT2D eigenvalue weighted by molar-refractivity contribution is 0.601. The minimum Gasteiger partial charge on any atom is -0.297 e. The van der Waals surface area contributed by atoms with Crippen LogP contribution in [0, 0.1) is 0 Å². The van der Waals surface area contributed by atoms with Crippen molar-refractivity contribution < 1.29 is 8.42 Å². The molecule has 2 heterocycles. The lowest BCUT2D eigenvalue weighted by Gasteiger charge is -2.06. The van der Waals surface area contributed by atoms with Gasteiger partial charge in [-0.15, -0.1) is 0 Å². The number of aryl methyl sites for hydroxylation is 2. The number of halogens is 1. The smallest absolute Gasteiger partial charge is 0.290 e. The molecule has 2 aromatic heterocycles. The van der Waals surface area contributed by atoms with Crippen LogP contribution in [0.4, 0.5) is 5.69 Å². The van der Waals surface area contributed by atoms with Gasteiger partial charge in [-0.25, -0.2) is 13.1 Å². The Labute approximate surface area is 143 Å². The largest absolute Gasteiger partial charge is 0.297 e. The van der Waals surface area contributed by atoms with Gasteiger partial charge in [0.25, 0.3) is 15.6 Å². The first-order valence-electron chi connectivity index (χ1n) is 7.18. The van der Waals surface area contributed by atoms with E-state index in [1.807, 2.05) is 6.92 Å². The zero-order valence-electron chi connectivity index (χ0n) is 13.0. The molecular formula is C15H15ClN4O3S. The third-order valence-electron chi connectivity index (χ3n) is 3.55. The second-order valence-electron chi connectivity index (χ2n) is 5.25. The predicted octanol–water partition coefficient (Wildman–Crippen LogP) is 2.05. The van der Waals surface area contributed by atoms with Gasteiger partial charge in [0.1, 0.15) is 16.2 Å². The molecule has 0 bridgehead atoms. The normalized spacial score (nSPS) is 11.8. The molecule has 24 heavy (non-hydrogen) atoms. The van der Waals surface area contributed by atoms with Crippen molar-refractivity contribution in [3.63, 3.8) is 0 Å². The summed E-state index contributed by atoms with van der Waals surface area (Å²) in [6.45, 7) is 1.88. The molecule has 0 saturated heterocycles. The standard InChI is InChI=1S/C15H15ClN4O3S/c1-3-14-17-19(2)15(21)13-8-12(9-20(13)14)24(22,23)18-11-6-4-5-10(16)7-11/h4-9,18H,3H2,1-2H3. The quantitative estimate of drug-likeness (QED) is 0.765. The van der Waals surface area contributed by atoms with E-state index in [4.69, 9.17) is 11.6 Å². The molecule has 3 aromatic rings. The zero-order chi connectivity index (χ0) is 17.5. The molecule has 9 heteroatoms. The lowest BCUT2D eigenvalue weighted by Crippen LogP contribution is -2.23. The Morgan fingerprint density at radius 3 is 2.71 bits per heavy atom. The highest BCUT2D eigenvalue weighted by Gasteiger charge is 2.19. The van der Waals surface area contributed by atoms with E-state index in [1.54, 1.807) is 18.2 Å². The van der Waals surface area contributed by atoms with Crippen LogP contribution in [0.2, 0.25) is 5.02 Å². The maximum absolute atomic E-state index is 12.6. The van der Waals surface area contributed by atoms with Crippen molar-refractivity contribution in [1.29, 1.82) is 0 Å². The van der Waals surface area contributed by atoms with Gasteiger partial charge in [0.05, 0.1) is 5.69 Å². The second kappa shape index (κ2) is 5.95. The lowest BCUT2D eigenvalue weighted by atomic mass is 10.3. The number of rotatable bonds is 4. The van der Waals surface area contributed by atoms with Crippen LogP contribution in [-0.4, -0.2) is 22.6 Å². The van der Waals surface area contributed by atoms with Crippen molar-refractivity contribution in [3.8, 4) is 0 Å². The summed E-state index contributed by atoms with van der Waals surface area (Å²) in [4.78, 5) is 12.2. The van der Waals surface area contributed by atoms with Crippen LogP contribution in [0.3, 0.4) is 0 Å². The van der Waals surface area contributed by atoms with E-state index in [1.165, 1.54) is 34.5 Å². The van der Waals surface area contributed by atoms with Gasteiger partial charge in [0.2, 0.25) is 0 Å². The Morgan fingerprint density at radius 2 is 2.04 bits per heavy atom. The third kappa shape index (κ3) is 2.90. The number of nitrogens with zero attached hydrogens (tertiary/aromatic N) is 3. The van der Waals surface area contributed by atoms with Crippen molar-refractivity contribution in [1.82, 2.24) is 14.2 Å². The summed E-state index contributed by atoms with van der Waals surface area (Å²) in [5, 5.41) is 4.56.